The maximum atomic E-state index is 13.1. The SMILES string of the molecule is O=C(COC(=O)c1csc(-c2ccc(F)cc2)n1)NC12CC3CC(CC(C3)C1)C2. The minimum absolute atomic E-state index is 0.0887. The highest BCUT2D eigenvalue weighted by molar-refractivity contribution is 7.13. The molecule has 0 unspecified atom stereocenters. The topological polar surface area (TPSA) is 68.3 Å². The second kappa shape index (κ2) is 7.20. The van der Waals surface area contributed by atoms with Gasteiger partial charge in [0.25, 0.3) is 5.91 Å². The van der Waals surface area contributed by atoms with Crippen LogP contribution >= 0.6 is 11.3 Å². The van der Waals surface area contributed by atoms with Crippen LogP contribution < -0.4 is 5.32 Å². The first kappa shape index (κ1) is 18.7. The van der Waals surface area contributed by atoms with Crippen molar-refractivity contribution in [2.45, 2.75) is 44.1 Å². The van der Waals surface area contributed by atoms with Crippen molar-refractivity contribution in [1.82, 2.24) is 10.3 Å². The Morgan fingerprint density at radius 2 is 1.72 bits per heavy atom. The molecule has 4 aliphatic carbocycles. The largest absolute Gasteiger partial charge is 0.451 e. The lowest BCUT2D eigenvalue weighted by molar-refractivity contribution is -0.130. The van der Waals surface area contributed by atoms with E-state index in [1.54, 1.807) is 17.5 Å². The van der Waals surface area contributed by atoms with E-state index in [1.807, 2.05) is 0 Å². The number of nitrogens with one attached hydrogen (secondary N) is 1. The van der Waals surface area contributed by atoms with E-state index in [2.05, 4.69) is 10.3 Å². The maximum absolute atomic E-state index is 13.1. The van der Waals surface area contributed by atoms with Gasteiger partial charge in [-0.3, -0.25) is 4.79 Å². The van der Waals surface area contributed by atoms with Crippen molar-refractivity contribution in [1.29, 1.82) is 0 Å². The van der Waals surface area contributed by atoms with Crippen LogP contribution in [0.3, 0.4) is 0 Å². The molecule has 6 rings (SSSR count). The predicted molar refractivity (Wildman–Crippen MR) is 107 cm³/mol. The molecule has 1 heterocycles. The van der Waals surface area contributed by atoms with Gasteiger partial charge in [0.15, 0.2) is 12.3 Å². The van der Waals surface area contributed by atoms with E-state index < -0.39 is 5.97 Å². The van der Waals surface area contributed by atoms with Crippen molar-refractivity contribution in [3.05, 3.63) is 41.2 Å². The average molecular weight is 415 g/mol. The number of benzene rings is 1. The third-order valence-corrected chi connectivity index (χ3v) is 7.47. The fourth-order valence-electron chi connectivity index (χ4n) is 5.89. The molecule has 0 radical (unpaired) electrons. The van der Waals surface area contributed by atoms with Crippen molar-refractivity contribution in [3.8, 4) is 10.6 Å². The molecule has 152 valence electrons. The van der Waals surface area contributed by atoms with E-state index in [9.17, 15) is 14.0 Å². The van der Waals surface area contributed by atoms with E-state index in [1.165, 1.54) is 42.7 Å². The molecule has 0 atom stereocenters. The van der Waals surface area contributed by atoms with Crippen molar-refractivity contribution in [3.63, 3.8) is 0 Å². The highest BCUT2D eigenvalue weighted by atomic mass is 32.1. The number of hydrogen-bond acceptors (Lipinski definition) is 5. The molecule has 0 spiro atoms. The van der Waals surface area contributed by atoms with Crippen LogP contribution in [0.5, 0.6) is 0 Å². The summed E-state index contributed by atoms with van der Waals surface area (Å²) in [5, 5.41) is 5.40. The summed E-state index contributed by atoms with van der Waals surface area (Å²) in [4.78, 5) is 29.0. The number of amides is 1. The second-order valence-electron chi connectivity index (χ2n) is 8.87. The number of carbonyl (C=O) groups excluding carboxylic acids is 2. The lowest BCUT2D eigenvalue weighted by atomic mass is 9.53. The third-order valence-electron chi connectivity index (χ3n) is 6.58. The Morgan fingerprint density at radius 1 is 1.10 bits per heavy atom. The summed E-state index contributed by atoms with van der Waals surface area (Å²) in [5.41, 5.74) is 0.807. The number of esters is 1. The Bertz CT molecular complexity index is 905. The van der Waals surface area contributed by atoms with Gasteiger partial charge < -0.3 is 10.1 Å². The number of rotatable bonds is 5. The van der Waals surface area contributed by atoms with Gasteiger partial charge in [0, 0.05) is 16.5 Å². The van der Waals surface area contributed by atoms with Crippen LogP contribution in [-0.4, -0.2) is 29.0 Å². The molecule has 1 N–H and O–H groups in total. The van der Waals surface area contributed by atoms with Gasteiger partial charge in [-0.25, -0.2) is 14.2 Å². The molecule has 0 aliphatic heterocycles. The number of carbonyl (C=O) groups is 2. The zero-order valence-electron chi connectivity index (χ0n) is 16.0. The normalized spacial score (nSPS) is 29.6. The summed E-state index contributed by atoms with van der Waals surface area (Å²) in [6, 6.07) is 5.93. The zero-order valence-corrected chi connectivity index (χ0v) is 16.8. The van der Waals surface area contributed by atoms with Crippen molar-refractivity contribution < 1.29 is 18.7 Å². The molecule has 4 bridgehead atoms. The van der Waals surface area contributed by atoms with Gasteiger partial charge in [-0.2, -0.15) is 0 Å². The molecule has 0 saturated heterocycles. The molecule has 7 heteroatoms. The van der Waals surface area contributed by atoms with Crippen LogP contribution in [-0.2, 0) is 9.53 Å². The minimum atomic E-state index is -0.615. The molecular formula is C22H23FN2O3S. The molecule has 4 aliphatic rings. The standard InChI is InChI=1S/C22H23FN2O3S/c23-17-3-1-16(2-4-17)20-24-18(12-29-20)21(27)28-11-19(26)25-22-8-13-5-14(9-22)7-15(6-13)10-22/h1-4,12-15H,5-11H2,(H,25,26). The van der Waals surface area contributed by atoms with Crippen LogP contribution in [0.2, 0.25) is 0 Å². The summed E-state index contributed by atoms with van der Waals surface area (Å²) in [6.45, 7) is -0.288. The zero-order chi connectivity index (χ0) is 20.0. The van der Waals surface area contributed by atoms with E-state index in [4.69, 9.17) is 4.74 Å². The molecule has 1 amide bonds. The van der Waals surface area contributed by atoms with Crippen molar-refractivity contribution in [2.75, 3.05) is 6.61 Å². The quantitative estimate of drug-likeness (QED) is 0.745. The molecule has 29 heavy (non-hydrogen) atoms. The first-order valence-electron chi connectivity index (χ1n) is 10.2. The lowest BCUT2D eigenvalue weighted by Gasteiger charge is -2.56. The van der Waals surface area contributed by atoms with Crippen LogP contribution in [0.4, 0.5) is 4.39 Å². The molecule has 4 saturated carbocycles. The summed E-state index contributed by atoms with van der Waals surface area (Å²) in [6.07, 6.45) is 7.11. The van der Waals surface area contributed by atoms with Gasteiger partial charge in [0.05, 0.1) is 0 Å². The van der Waals surface area contributed by atoms with E-state index in [0.717, 1.165) is 42.6 Å². The highest BCUT2D eigenvalue weighted by Gasteiger charge is 2.51. The van der Waals surface area contributed by atoms with Crippen LogP contribution in [0.25, 0.3) is 10.6 Å². The minimum Gasteiger partial charge on any atom is -0.451 e. The molecular weight excluding hydrogens is 391 g/mol. The lowest BCUT2D eigenvalue weighted by Crippen LogP contribution is -2.60. The average Bonchev–Trinajstić information content (AvgIpc) is 3.15. The maximum Gasteiger partial charge on any atom is 0.358 e. The van der Waals surface area contributed by atoms with Crippen molar-refractivity contribution in [2.24, 2.45) is 17.8 Å². The Kier molecular flexibility index (Phi) is 4.65. The summed E-state index contributed by atoms with van der Waals surface area (Å²) >= 11 is 1.28. The Hall–Kier alpha value is -2.28. The van der Waals surface area contributed by atoms with Gasteiger partial charge in [0.2, 0.25) is 0 Å². The number of nitrogens with zero attached hydrogens (tertiary/aromatic N) is 1. The van der Waals surface area contributed by atoms with Gasteiger partial charge in [-0.05, 0) is 80.5 Å². The third kappa shape index (κ3) is 3.80. The molecule has 2 aromatic rings. The summed E-state index contributed by atoms with van der Waals surface area (Å²) in [7, 11) is 0. The fourth-order valence-corrected chi connectivity index (χ4v) is 6.69. The molecule has 1 aromatic carbocycles. The van der Waals surface area contributed by atoms with Crippen molar-refractivity contribution >= 4 is 23.2 Å². The highest BCUT2D eigenvalue weighted by Crippen LogP contribution is 2.55. The first-order chi connectivity index (χ1) is 14.0. The van der Waals surface area contributed by atoms with E-state index >= 15 is 0 Å². The Balaban J connectivity index is 1.17. The number of aromatic nitrogens is 1. The van der Waals surface area contributed by atoms with Crippen LogP contribution in [0.15, 0.2) is 29.6 Å². The van der Waals surface area contributed by atoms with Crippen LogP contribution in [0, 0.1) is 23.6 Å². The van der Waals surface area contributed by atoms with Gasteiger partial charge >= 0.3 is 5.97 Å². The van der Waals surface area contributed by atoms with E-state index in [-0.39, 0.29) is 29.6 Å². The summed E-state index contributed by atoms with van der Waals surface area (Å²) in [5.74, 6) is 1.05. The van der Waals surface area contributed by atoms with Gasteiger partial charge in [0.1, 0.15) is 10.8 Å². The molecule has 4 fully saturated rings. The monoisotopic (exact) mass is 414 g/mol. The second-order valence-corrected chi connectivity index (χ2v) is 9.73. The van der Waals surface area contributed by atoms with Gasteiger partial charge in [-0.1, -0.05) is 0 Å². The molecule has 5 nitrogen and oxygen atoms in total. The van der Waals surface area contributed by atoms with E-state index in [0.29, 0.717) is 5.01 Å². The number of hydrogen-bond donors (Lipinski definition) is 1. The summed E-state index contributed by atoms with van der Waals surface area (Å²) < 4.78 is 18.3. The Morgan fingerprint density at radius 3 is 2.34 bits per heavy atom. The van der Waals surface area contributed by atoms with Crippen LogP contribution in [0.1, 0.15) is 49.0 Å². The van der Waals surface area contributed by atoms with Gasteiger partial charge in [-0.15, -0.1) is 11.3 Å². The first-order valence-corrected chi connectivity index (χ1v) is 11.1. The Labute approximate surface area is 172 Å². The number of halogens is 1. The molecule has 1 aromatic heterocycles. The predicted octanol–water partition coefficient (Wildman–Crippen LogP) is 4.19. The number of ether oxygens (including phenoxy) is 1. The smallest absolute Gasteiger partial charge is 0.358 e. The fraction of sp³-hybridized carbons (Fsp3) is 0.500. The number of thiazole rings is 1.